The maximum Gasteiger partial charge on any atom is 0.246 e. The van der Waals surface area contributed by atoms with Crippen LogP contribution in [0.3, 0.4) is 0 Å². The molecular weight excluding hydrogens is 266 g/mol. The van der Waals surface area contributed by atoms with Crippen LogP contribution in [0.4, 0.5) is 0 Å². The minimum absolute atomic E-state index is 0.0717. The monoisotopic (exact) mass is 285 g/mol. The molecule has 0 spiro atoms. The van der Waals surface area contributed by atoms with Gasteiger partial charge < -0.3 is 14.2 Å². The van der Waals surface area contributed by atoms with E-state index in [0.29, 0.717) is 6.73 Å². The Balaban J connectivity index is 2.31. The van der Waals surface area contributed by atoms with Crippen LogP contribution in [0.25, 0.3) is 17.5 Å². The van der Waals surface area contributed by atoms with Crippen LogP contribution in [0, 0.1) is 0 Å². The molecule has 0 saturated carbocycles. The third kappa shape index (κ3) is 3.79. The molecule has 0 bridgehead atoms. The maximum absolute atomic E-state index is 11.6. The maximum atomic E-state index is 11.6. The van der Waals surface area contributed by atoms with Gasteiger partial charge >= 0.3 is 0 Å². The fraction of sp³-hybridized carbons (Fsp3) is 0.250. The molecule has 110 valence electrons. The van der Waals surface area contributed by atoms with Crippen molar-refractivity contribution in [2.75, 3.05) is 21.2 Å². The molecule has 2 aromatic rings. The van der Waals surface area contributed by atoms with Crippen molar-refractivity contribution in [3.05, 3.63) is 48.3 Å². The van der Waals surface area contributed by atoms with E-state index in [-0.39, 0.29) is 5.91 Å². The van der Waals surface area contributed by atoms with E-state index in [1.807, 2.05) is 41.1 Å². The molecule has 0 saturated heterocycles. The summed E-state index contributed by atoms with van der Waals surface area (Å²) in [5, 5.41) is 0. The predicted molar refractivity (Wildman–Crippen MR) is 82.4 cm³/mol. The highest BCUT2D eigenvalue weighted by atomic mass is 16.5. The first-order chi connectivity index (χ1) is 10.1. The molecule has 0 atom stereocenters. The molecule has 5 nitrogen and oxygen atoms in total. The molecule has 0 radical (unpaired) electrons. The van der Waals surface area contributed by atoms with Crippen LogP contribution in [0.15, 0.2) is 42.6 Å². The zero-order valence-corrected chi connectivity index (χ0v) is 12.5. The summed E-state index contributed by atoms with van der Waals surface area (Å²) in [4.78, 5) is 17.7. The minimum atomic E-state index is -0.0717. The molecule has 21 heavy (non-hydrogen) atoms. The number of ether oxygens (including phenoxy) is 1. The molecule has 0 aliphatic rings. The van der Waals surface area contributed by atoms with Crippen molar-refractivity contribution in [2.24, 2.45) is 0 Å². The van der Waals surface area contributed by atoms with E-state index in [1.165, 1.54) is 11.0 Å². The first-order valence-electron chi connectivity index (χ1n) is 6.62. The first kappa shape index (κ1) is 15.0. The topological polar surface area (TPSA) is 47.4 Å². The Morgan fingerprint density at radius 2 is 2.05 bits per heavy atom. The Bertz CT molecular complexity index is 630. The molecule has 2 rings (SSSR count). The number of carbonyl (C=O) groups is 1. The van der Waals surface area contributed by atoms with E-state index in [9.17, 15) is 4.79 Å². The quantitative estimate of drug-likeness (QED) is 0.792. The van der Waals surface area contributed by atoms with Gasteiger partial charge in [0, 0.05) is 39.0 Å². The summed E-state index contributed by atoms with van der Waals surface area (Å²) in [6, 6.07) is 9.88. The molecule has 0 unspecified atom stereocenters. The molecule has 5 heteroatoms. The summed E-state index contributed by atoms with van der Waals surface area (Å²) >= 11 is 0. The van der Waals surface area contributed by atoms with E-state index in [0.717, 1.165) is 17.1 Å². The molecule has 0 fully saturated rings. The highest BCUT2D eigenvalue weighted by Crippen LogP contribution is 2.19. The first-order valence-corrected chi connectivity index (χ1v) is 6.62. The third-order valence-electron chi connectivity index (χ3n) is 2.93. The Morgan fingerprint density at radius 1 is 1.33 bits per heavy atom. The van der Waals surface area contributed by atoms with Gasteiger partial charge in [-0.2, -0.15) is 0 Å². The lowest BCUT2D eigenvalue weighted by molar-refractivity contribution is -0.123. The van der Waals surface area contributed by atoms with Gasteiger partial charge in [0.25, 0.3) is 0 Å². The molecule has 1 aromatic carbocycles. The number of methoxy groups -OCH3 is 1. The van der Waals surface area contributed by atoms with Crippen molar-refractivity contribution < 1.29 is 9.53 Å². The molecule has 1 amide bonds. The molecule has 1 heterocycles. The van der Waals surface area contributed by atoms with Crippen LogP contribution in [0.2, 0.25) is 0 Å². The number of likely N-dealkylation sites (N-methyl/N-ethyl adjacent to an activating group) is 1. The molecule has 0 aliphatic carbocycles. The van der Waals surface area contributed by atoms with Gasteiger partial charge in [-0.1, -0.05) is 30.3 Å². The van der Waals surface area contributed by atoms with E-state index < -0.39 is 0 Å². The second kappa shape index (κ2) is 6.85. The zero-order chi connectivity index (χ0) is 15.2. The normalized spacial score (nSPS) is 11.0. The van der Waals surface area contributed by atoms with Crippen LogP contribution in [0.5, 0.6) is 0 Å². The summed E-state index contributed by atoms with van der Waals surface area (Å²) in [6.07, 6.45) is 5.08. The van der Waals surface area contributed by atoms with Crippen LogP contribution in [0.1, 0.15) is 5.69 Å². The number of nitrogens with zero attached hydrogens (tertiary/aromatic N) is 3. The number of rotatable bonds is 5. The number of hydrogen-bond acceptors (Lipinski definition) is 3. The van der Waals surface area contributed by atoms with Gasteiger partial charge in [-0.25, -0.2) is 4.98 Å². The Labute approximate surface area is 124 Å². The number of carbonyl (C=O) groups excluding carboxylic acids is 1. The fourth-order valence-electron chi connectivity index (χ4n) is 1.88. The van der Waals surface area contributed by atoms with Crippen LogP contribution in [-0.4, -0.2) is 41.6 Å². The summed E-state index contributed by atoms with van der Waals surface area (Å²) in [5.41, 5.74) is 1.73. The minimum Gasteiger partial charge on any atom is -0.364 e. The molecule has 0 N–H and O–H groups in total. The van der Waals surface area contributed by atoms with Gasteiger partial charge in [0.15, 0.2) is 0 Å². The number of aromatic nitrogens is 2. The lowest BCUT2D eigenvalue weighted by atomic mass is 10.2. The highest BCUT2D eigenvalue weighted by Gasteiger charge is 2.08. The summed E-state index contributed by atoms with van der Waals surface area (Å²) < 4.78 is 7.10. The van der Waals surface area contributed by atoms with E-state index in [2.05, 4.69) is 4.98 Å². The smallest absolute Gasteiger partial charge is 0.246 e. The van der Waals surface area contributed by atoms with Crippen molar-refractivity contribution in [2.45, 2.75) is 6.73 Å². The fourth-order valence-corrected chi connectivity index (χ4v) is 1.88. The standard InChI is InChI=1S/C16H19N3O2/c1-18(2)15(20)10-9-14-11-19(12-21-3)16(17-14)13-7-5-4-6-8-13/h4-11H,12H2,1-3H3. The zero-order valence-electron chi connectivity index (χ0n) is 12.5. The highest BCUT2D eigenvalue weighted by molar-refractivity contribution is 5.91. The summed E-state index contributed by atoms with van der Waals surface area (Å²) in [5.74, 6) is 0.743. The van der Waals surface area contributed by atoms with E-state index in [1.54, 1.807) is 27.3 Å². The lowest BCUT2D eigenvalue weighted by Crippen LogP contribution is -2.18. The van der Waals surface area contributed by atoms with Crippen molar-refractivity contribution in [3.8, 4) is 11.4 Å². The molecular formula is C16H19N3O2. The van der Waals surface area contributed by atoms with Crippen LogP contribution in [-0.2, 0) is 16.3 Å². The Kier molecular flexibility index (Phi) is 4.90. The molecule has 1 aromatic heterocycles. The van der Waals surface area contributed by atoms with E-state index in [4.69, 9.17) is 4.74 Å². The van der Waals surface area contributed by atoms with Gasteiger partial charge in [-0.05, 0) is 6.08 Å². The number of benzene rings is 1. The van der Waals surface area contributed by atoms with Gasteiger partial charge in [0.05, 0.1) is 5.69 Å². The van der Waals surface area contributed by atoms with Gasteiger partial charge in [0.1, 0.15) is 12.6 Å². The number of imidazole rings is 1. The second-order valence-electron chi connectivity index (χ2n) is 4.81. The average Bonchev–Trinajstić information content (AvgIpc) is 2.89. The van der Waals surface area contributed by atoms with Gasteiger partial charge in [-0.3, -0.25) is 4.79 Å². The Morgan fingerprint density at radius 3 is 2.67 bits per heavy atom. The van der Waals surface area contributed by atoms with Crippen molar-refractivity contribution in [3.63, 3.8) is 0 Å². The number of amides is 1. The summed E-state index contributed by atoms with van der Waals surface area (Å²) in [7, 11) is 5.07. The van der Waals surface area contributed by atoms with Crippen molar-refractivity contribution in [1.82, 2.24) is 14.5 Å². The van der Waals surface area contributed by atoms with Crippen LogP contribution >= 0.6 is 0 Å². The van der Waals surface area contributed by atoms with E-state index >= 15 is 0 Å². The lowest BCUT2D eigenvalue weighted by Gasteiger charge is -2.05. The SMILES string of the molecule is COCn1cc(C=CC(=O)N(C)C)nc1-c1ccccc1. The van der Waals surface area contributed by atoms with Crippen LogP contribution < -0.4 is 0 Å². The summed E-state index contributed by atoms with van der Waals surface area (Å²) in [6.45, 7) is 0.409. The van der Waals surface area contributed by atoms with Crippen molar-refractivity contribution >= 4 is 12.0 Å². The Hall–Kier alpha value is -2.40. The molecule has 0 aliphatic heterocycles. The van der Waals surface area contributed by atoms with Crippen molar-refractivity contribution in [1.29, 1.82) is 0 Å². The second-order valence-corrected chi connectivity index (χ2v) is 4.81. The van der Waals surface area contributed by atoms with Gasteiger partial charge in [-0.15, -0.1) is 0 Å². The van der Waals surface area contributed by atoms with Gasteiger partial charge in [0.2, 0.25) is 5.91 Å². The third-order valence-corrected chi connectivity index (χ3v) is 2.93. The largest absolute Gasteiger partial charge is 0.364 e. The predicted octanol–water partition coefficient (Wildman–Crippen LogP) is 2.26. The number of hydrogen-bond donors (Lipinski definition) is 0. The average molecular weight is 285 g/mol.